The highest BCUT2D eigenvalue weighted by molar-refractivity contribution is 7.10. The Bertz CT molecular complexity index is 366. The molecule has 0 bridgehead atoms. The van der Waals surface area contributed by atoms with Crippen molar-refractivity contribution in [1.82, 2.24) is 5.32 Å². The van der Waals surface area contributed by atoms with E-state index in [9.17, 15) is 5.11 Å². The molecule has 1 rings (SSSR count). The third-order valence-corrected chi connectivity index (χ3v) is 4.36. The molecule has 0 aromatic carbocycles. The molecular formula is C16H29NO3S. The van der Waals surface area contributed by atoms with E-state index in [2.05, 4.69) is 36.7 Å². The van der Waals surface area contributed by atoms with Crippen LogP contribution in [0.3, 0.4) is 0 Å². The maximum atomic E-state index is 9.86. The quantitative estimate of drug-likeness (QED) is 0.616. The summed E-state index contributed by atoms with van der Waals surface area (Å²) in [6, 6.07) is 4.23. The fraction of sp³-hybridized carbons (Fsp3) is 0.750. The maximum Gasteiger partial charge on any atom is 0.0897 e. The van der Waals surface area contributed by atoms with Crippen LogP contribution in [-0.2, 0) is 14.9 Å². The number of hydrogen-bond donors (Lipinski definition) is 2. The molecule has 1 aromatic heterocycles. The summed E-state index contributed by atoms with van der Waals surface area (Å²) in [6.45, 7) is 11.2. The zero-order valence-corrected chi connectivity index (χ0v) is 14.4. The maximum absolute atomic E-state index is 9.86. The Kier molecular flexibility index (Phi) is 8.44. The smallest absolute Gasteiger partial charge is 0.0897 e. The molecule has 5 heteroatoms. The molecule has 1 heterocycles. The standard InChI is InChI=1S/C16H29NO3S/c1-13(2)20-8-7-19-11-14(18)10-17-12-16(3,4)15-6-5-9-21-15/h5-6,9,13-14,17-18H,7-8,10-12H2,1-4H3. The van der Waals surface area contributed by atoms with Crippen LogP contribution in [0.15, 0.2) is 17.5 Å². The monoisotopic (exact) mass is 315 g/mol. The minimum atomic E-state index is -0.483. The molecule has 1 atom stereocenters. The van der Waals surface area contributed by atoms with Crippen molar-refractivity contribution in [3.63, 3.8) is 0 Å². The van der Waals surface area contributed by atoms with Crippen molar-refractivity contribution in [2.24, 2.45) is 0 Å². The minimum absolute atomic E-state index is 0.0832. The number of aliphatic hydroxyl groups excluding tert-OH is 1. The van der Waals surface area contributed by atoms with E-state index in [0.717, 1.165) is 6.54 Å². The largest absolute Gasteiger partial charge is 0.389 e. The zero-order chi connectivity index (χ0) is 15.7. The first kappa shape index (κ1) is 18.6. The van der Waals surface area contributed by atoms with Crippen molar-refractivity contribution in [2.75, 3.05) is 32.9 Å². The fourth-order valence-corrected chi connectivity index (χ4v) is 2.78. The molecule has 1 aromatic rings. The Morgan fingerprint density at radius 2 is 2.10 bits per heavy atom. The number of rotatable bonds is 11. The van der Waals surface area contributed by atoms with Gasteiger partial charge in [0, 0.05) is 23.4 Å². The third kappa shape index (κ3) is 7.93. The van der Waals surface area contributed by atoms with Gasteiger partial charge >= 0.3 is 0 Å². The van der Waals surface area contributed by atoms with Crippen molar-refractivity contribution < 1.29 is 14.6 Å². The van der Waals surface area contributed by atoms with E-state index in [-0.39, 0.29) is 11.5 Å². The second-order valence-electron chi connectivity index (χ2n) is 6.14. The lowest BCUT2D eigenvalue weighted by molar-refractivity contribution is -0.0101. The van der Waals surface area contributed by atoms with Gasteiger partial charge in [0.1, 0.15) is 0 Å². The molecule has 0 aliphatic heterocycles. The topological polar surface area (TPSA) is 50.7 Å². The molecule has 4 nitrogen and oxygen atoms in total. The Morgan fingerprint density at radius 3 is 2.71 bits per heavy atom. The Balaban J connectivity index is 2.09. The van der Waals surface area contributed by atoms with Crippen LogP contribution in [0.25, 0.3) is 0 Å². The average molecular weight is 315 g/mol. The summed E-state index contributed by atoms with van der Waals surface area (Å²) >= 11 is 1.77. The molecule has 0 saturated heterocycles. The van der Waals surface area contributed by atoms with Crippen LogP contribution < -0.4 is 5.32 Å². The van der Waals surface area contributed by atoms with Crippen molar-refractivity contribution in [2.45, 2.75) is 45.3 Å². The summed E-state index contributed by atoms with van der Waals surface area (Å²) in [5.41, 5.74) is 0.0832. The first-order chi connectivity index (χ1) is 9.92. The number of aliphatic hydroxyl groups is 1. The summed E-state index contributed by atoms with van der Waals surface area (Å²) in [7, 11) is 0. The van der Waals surface area contributed by atoms with E-state index < -0.39 is 6.10 Å². The first-order valence-corrected chi connectivity index (χ1v) is 8.42. The predicted octanol–water partition coefficient (Wildman–Crippen LogP) is 2.42. The van der Waals surface area contributed by atoms with Crippen LogP contribution in [0.1, 0.15) is 32.6 Å². The lowest BCUT2D eigenvalue weighted by Gasteiger charge is -2.24. The molecule has 1 unspecified atom stereocenters. The number of hydrogen-bond acceptors (Lipinski definition) is 5. The van der Waals surface area contributed by atoms with Gasteiger partial charge in [-0.25, -0.2) is 0 Å². The van der Waals surface area contributed by atoms with Crippen LogP contribution in [0.4, 0.5) is 0 Å². The van der Waals surface area contributed by atoms with E-state index in [1.165, 1.54) is 4.88 Å². The molecule has 0 aliphatic carbocycles. The van der Waals surface area contributed by atoms with Gasteiger partial charge in [0.15, 0.2) is 0 Å². The second-order valence-corrected chi connectivity index (χ2v) is 7.09. The third-order valence-electron chi connectivity index (χ3n) is 3.12. The van der Waals surface area contributed by atoms with Gasteiger partial charge in [0.2, 0.25) is 0 Å². The van der Waals surface area contributed by atoms with Crippen molar-refractivity contribution in [1.29, 1.82) is 0 Å². The average Bonchev–Trinajstić information content (AvgIpc) is 2.92. The molecule has 0 amide bonds. The Labute approximate surface area is 132 Å². The molecular weight excluding hydrogens is 286 g/mol. The van der Waals surface area contributed by atoms with Crippen molar-refractivity contribution >= 4 is 11.3 Å². The van der Waals surface area contributed by atoms with Crippen LogP contribution in [0, 0.1) is 0 Å². The van der Waals surface area contributed by atoms with Crippen LogP contribution >= 0.6 is 11.3 Å². The van der Waals surface area contributed by atoms with Gasteiger partial charge in [-0.15, -0.1) is 11.3 Å². The van der Waals surface area contributed by atoms with Crippen LogP contribution in [0.5, 0.6) is 0 Å². The summed E-state index contributed by atoms with van der Waals surface area (Å²) in [5, 5.41) is 15.3. The summed E-state index contributed by atoms with van der Waals surface area (Å²) in [5.74, 6) is 0. The minimum Gasteiger partial charge on any atom is -0.389 e. The van der Waals surface area contributed by atoms with E-state index in [1.54, 1.807) is 11.3 Å². The highest BCUT2D eigenvalue weighted by Gasteiger charge is 2.21. The zero-order valence-electron chi connectivity index (χ0n) is 13.6. The SMILES string of the molecule is CC(C)OCCOCC(O)CNCC(C)(C)c1cccs1. The highest BCUT2D eigenvalue weighted by atomic mass is 32.1. The normalized spacial score (nSPS) is 13.8. The van der Waals surface area contributed by atoms with Crippen LogP contribution in [0.2, 0.25) is 0 Å². The highest BCUT2D eigenvalue weighted by Crippen LogP contribution is 2.26. The summed E-state index contributed by atoms with van der Waals surface area (Å²) in [6.07, 6.45) is -0.261. The second kappa shape index (κ2) is 9.54. The van der Waals surface area contributed by atoms with Crippen LogP contribution in [-0.4, -0.2) is 50.2 Å². The fourth-order valence-electron chi connectivity index (χ4n) is 1.92. The molecule has 21 heavy (non-hydrogen) atoms. The molecule has 0 saturated carbocycles. The number of thiophene rings is 1. The van der Waals surface area contributed by atoms with Crippen molar-refractivity contribution in [3.8, 4) is 0 Å². The van der Waals surface area contributed by atoms with Gasteiger partial charge in [0.25, 0.3) is 0 Å². The molecule has 0 fully saturated rings. The van der Waals surface area contributed by atoms with E-state index in [4.69, 9.17) is 9.47 Å². The van der Waals surface area contributed by atoms with Gasteiger partial charge in [-0.3, -0.25) is 0 Å². The van der Waals surface area contributed by atoms with Gasteiger partial charge in [-0.05, 0) is 25.3 Å². The molecule has 2 N–H and O–H groups in total. The van der Waals surface area contributed by atoms with Gasteiger partial charge < -0.3 is 19.9 Å². The number of ether oxygens (including phenoxy) is 2. The van der Waals surface area contributed by atoms with Gasteiger partial charge in [-0.1, -0.05) is 19.9 Å². The van der Waals surface area contributed by atoms with E-state index in [1.807, 2.05) is 13.8 Å². The van der Waals surface area contributed by atoms with E-state index >= 15 is 0 Å². The van der Waals surface area contributed by atoms with Gasteiger partial charge in [-0.2, -0.15) is 0 Å². The van der Waals surface area contributed by atoms with E-state index in [0.29, 0.717) is 26.4 Å². The summed E-state index contributed by atoms with van der Waals surface area (Å²) in [4.78, 5) is 1.35. The predicted molar refractivity (Wildman–Crippen MR) is 88.1 cm³/mol. The summed E-state index contributed by atoms with van der Waals surface area (Å²) < 4.78 is 10.8. The van der Waals surface area contributed by atoms with Gasteiger partial charge in [0.05, 0.1) is 32.0 Å². The number of nitrogens with one attached hydrogen (secondary N) is 1. The Hall–Kier alpha value is -0.460. The first-order valence-electron chi connectivity index (χ1n) is 7.54. The molecule has 0 radical (unpaired) electrons. The lowest BCUT2D eigenvalue weighted by atomic mass is 9.91. The molecule has 0 aliphatic rings. The molecule has 122 valence electrons. The lowest BCUT2D eigenvalue weighted by Crippen LogP contribution is -2.38. The Morgan fingerprint density at radius 1 is 1.33 bits per heavy atom. The molecule has 0 spiro atoms. The van der Waals surface area contributed by atoms with Crippen molar-refractivity contribution in [3.05, 3.63) is 22.4 Å².